The quantitative estimate of drug-likeness (QED) is 0.583. The third-order valence-electron chi connectivity index (χ3n) is 3.96. The fourth-order valence-electron chi connectivity index (χ4n) is 2.73. The maximum atomic E-state index is 14.0. The molecule has 7 heteroatoms. The first-order chi connectivity index (χ1) is 12.6. The lowest BCUT2D eigenvalue weighted by atomic mass is 10.1. The van der Waals surface area contributed by atoms with E-state index in [1.807, 2.05) is 30.3 Å². The molecule has 0 saturated heterocycles. The van der Waals surface area contributed by atoms with Crippen LogP contribution >= 0.6 is 0 Å². The van der Waals surface area contributed by atoms with E-state index in [-0.39, 0.29) is 16.9 Å². The molecule has 2 aromatic heterocycles. The summed E-state index contributed by atoms with van der Waals surface area (Å²) >= 11 is 0. The number of hydrogen-bond acceptors (Lipinski definition) is 4. The van der Waals surface area contributed by atoms with Gasteiger partial charge in [0.1, 0.15) is 11.4 Å². The van der Waals surface area contributed by atoms with Crippen LogP contribution in [0.5, 0.6) is 0 Å². The Hall–Kier alpha value is -3.74. The Morgan fingerprint density at radius 1 is 1.04 bits per heavy atom. The average molecular weight is 348 g/mol. The second-order valence-electron chi connectivity index (χ2n) is 5.59. The fourth-order valence-corrected chi connectivity index (χ4v) is 2.73. The summed E-state index contributed by atoms with van der Waals surface area (Å²) in [6.45, 7) is 0. The van der Waals surface area contributed by atoms with Gasteiger partial charge in [-0.25, -0.2) is 18.9 Å². The first-order valence-corrected chi connectivity index (χ1v) is 7.82. The number of aromatic nitrogens is 3. The molecule has 0 saturated carbocycles. The van der Waals surface area contributed by atoms with Crippen LogP contribution in [0.2, 0.25) is 0 Å². The molecule has 128 valence electrons. The molecule has 6 nitrogen and oxygen atoms in total. The van der Waals surface area contributed by atoms with Gasteiger partial charge < -0.3 is 10.4 Å². The summed E-state index contributed by atoms with van der Waals surface area (Å²) in [7, 11) is 0. The van der Waals surface area contributed by atoms with Crippen molar-refractivity contribution in [3.8, 4) is 5.69 Å². The molecule has 0 bridgehead atoms. The first-order valence-electron chi connectivity index (χ1n) is 7.82. The highest BCUT2D eigenvalue weighted by Gasteiger charge is 2.19. The lowest BCUT2D eigenvalue weighted by Gasteiger charge is -2.11. The van der Waals surface area contributed by atoms with E-state index >= 15 is 0 Å². The van der Waals surface area contributed by atoms with Crippen molar-refractivity contribution in [2.24, 2.45) is 0 Å². The van der Waals surface area contributed by atoms with E-state index in [9.17, 15) is 14.3 Å². The zero-order valence-electron chi connectivity index (χ0n) is 13.4. The standard InChI is InChI=1S/C19H13FN4O2/c20-15-8-4-5-9-16(15)23-17-13-11-22-24(12-6-2-1-3-7-12)18(13)21-10-14(17)19(25)26/h1-11H,(H,21,23)(H,25,26). The largest absolute Gasteiger partial charge is 0.478 e. The summed E-state index contributed by atoms with van der Waals surface area (Å²) in [5, 5.41) is 17.2. The molecule has 0 atom stereocenters. The monoisotopic (exact) mass is 348 g/mol. The lowest BCUT2D eigenvalue weighted by molar-refractivity contribution is 0.0697. The number of hydrogen-bond donors (Lipinski definition) is 2. The molecule has 0 amide bonds. The van der Waals surface area contributed by atoms with Gasteiger partial charge in [-0.3, -0.25) is 0 Å². The van der Waals surface area contributed by atoms with E-state index in [1.165, 1.54) is 24.5 Å². The van der Waals surface area contributed by atoms with Gasteiger partial charge in [0.15, 0.2) is 5.65 Å². The van der Waals surface area contributed by atoms with Crippen LogP contribution < -0.4 is 5.32 Å². The Morgan fingerprint density at radius 3 is 2.50 bits per heavy atom. The second-order valence-corrected chi connectivity index (χ2v) is 5.59. The van der Waals surface area contributed by atoms with Gasteiger partial charge in [-0.2, -0.15) is 5.10 Å². The number of fused-ring (bicyclic) bond motifs is 1. The SMILES string of the molecule is O=C(O)c1cnc2c(cnn2-c2ccccc2)c1Nc1ccccc1F. The Labute approximate surface area is 147 Å². The number of halogens is 1. The third-order valence-corrected chi connectivity index (χ3v) is 3.96. The number of carbonyl (C=O) groups is 1. The van der Waals surface area contributed by atoms with Gasteiger partial charge >= 0.3 is 5.97 Å². The van der Waals surface area contributed by atoms with E-state index in [4.69, 9.17) is 0 Å². The van der Waals surface area contributed by atoms with Crippen molar-refractivity contribution in [1.82, 2.24) is 14.8 Å². The van der Waals surface area contributed by atoms with Crippen LogP contribution in [0.15, 0.2) is 67.0 Å². The number of benzene rings is 2. The fraction of sp³-hybridized carbons (Fsp3) is 0. The summed E-state index contributed by atoms with van der Waals surface area (Å²) in [5.41, 5.74) is 1.62. The summed E-state index contributed by atoms with van der Waals surface area (Å²) < 4.78 is 15.6. The highest BCUT2D eigenvalue weighted by Crippen LogP contribution is 2.31. The summed E-state index contributed by atoms with van der Waals surface area (Å²) in [5.74, 6) is -1.64. The van der Waals surface area contributed by atoms with Crippen molar-refractivity contribution in [3.63, 3.8) is 0 Å². The van der Waals surface area contributed by atoms with Gasteiger partial charge in [0, 0.05) is 6.20 Å². The zero-order valence-corrected chi connectivity index (χ0v) is 13.4. The number of aromatic carboxylic acids is 1. The lowest BCUT2D eigenvalue weighted by Crippen LogP contribution is -2.06. The van der Waals surface area contributed by atoms with Gasteiger partial charge in [0.2, 0.25) is 0 Å². The van der Waals surface area contributed by atoms with E-state index in [1.54, 1.807) is 16.8 Å². The molecule has 26 heavy (non-hydrogen) atoms. The predicted octanol–water partition coefficient (Wildman–Crippen LogP) is 4.00. The normalized spacial score (nSPS) is 10.8. The number of anilines is 2. The minimum atomic E-state index is -1.16. The van der Waals surface area contributed by atoms with Crippen LogP contribution in [0, 0.1) is 5.82 Å². The molecule has 0 aliphatic carbocycles. The van der Waals surface area contributed by atoms with Crippen LogP contribution in [-0.4, -0.2) is 25.8 Å². The van der Waals surface area contributed by atoms with Crippen LogP contribution in [0.1, 0.15) is 10.4 Å². The summed E-state index contributed by atoms with van der Waals surface area (Å²) in [6, 6.07) is 15.4. The molecular weight excluding hydrogens is 335 g/mol. The average Bonchev–Trinajstić information content (AvgIpc) is 3.09. The Balaban J connectivity index is 1.92. The number of carboxylic acids is 1. The second kappa shape index (κ2) is 6.29. The van der Waals surface area contributed by atoms with Gasteiger partial charge in [0.05, 0.1) is 28.6 Å². The molecule has 4 rings (SSSR count). The highest BCUT2D eigenvalue weighted by atomic mass is 19.1. The number of rotatable bonds is 4. The molecule has 0 aliphatic rings. The van der Waals surface area contributed by atoms with Crippen molar-refractivity contribution in [2.75, 3.05) is 5.32 Å². The zero-order chi connectivity index (χ0) is 18.1. The van der Waals surface area contributed by atoms with Crippen molar-refractivity contribution >= 4 is 28.4 Å². The molecule has 0 unspecified atom stereocenters. The van der Waals surface area contributed by atoms with E-state index in [2.05, 4.69) is 15.4 Å². The molecule has 0 spiro atoms. The Morgan fingerprint density at radius 2 is 1.77 bits per heavy atom. The number of nitrogens with zero attached hydrogens (tertiary/aromatic N) is 3. The predicted molar refractivity (Wildman–Crippen MR) is 95.5 cm³/mol. The molecule has 0 fully saturated rings. The number of nitrogens with one attached hydrogen (secondary N) is 1. The third kappa shape index (κ3) is 2.65. The first kappa shape index (κ1) is 15.8. The van der Waals surface area contributed by atoms with Crippen molar-refractivity contribution in [1.29, 1.82) is 0 Å². The molecule has 0 radical (unpaired) electrons. The number of para-hydroxylation sites is 2. The molecule has 0 aliphatic heterocycles. The van der Waals surface area contributed by atoms with E-state index < -0.39 is 11.8 Å². The number of pyridine rings is 1. The smallest absolute Gasteiger partial charge is 0.339 e. The summed E-state index contributed by atoms with van der Waals surface area (Å²) in [6.07, 6.45) is 2.76. The molecule has 2 N–H and O–H groups in total. The minimum absolute atomic E-state index is 0.0617. The topological polar surface area (TPSA) is 80.0 Å². The van der Waals surface area contributed by atoms with Gasteiger partial charge in [-0.05, 0) is 24.3 Å². The maximum Gasteiger partial charge on any atom is 0.339 e. The number of carboxylic acid groups (broad SMARTS) is 1. The molecular formula is C19H13FN4O2. The van der Waals surface area contributed by atoms with Crippen molar-refractivity contribution < 1.29 is 14.3 Å². The van der Waals surface area contributed by atoms with Crippen molar-refractivity contribution in [2.45, 2.75) is 0 Å². The van der Waals surface area contributed by atoms with Gasteiger partial charge in [-0.15, -0.1) is 0 Å². The molecule has 2 aromatic carbocycles. The molecule has 2 heterocycles. The molecule has 4 aromatic rings. The van der Waals surface area contributed by atoms with E-state index in [0.29, 0.717) is 11.0 Å². The van der Waals surface area contributed by atoms with Crippen LogP contribution in [0.4, 0.5) is 15.8 Å². The Kier molecular flexibility index (Phi) is 3.81. The minimum Gasteiger partial charge on any atom is -0.478 e. The van der Waals surface area contributed by atoms with Crippen LogP contribution in [-0.2, 0) is 0 Å². The maximum absolute atomic E-state index is 14.0. The van der Waals surface area contributed by atoms with Crippen molar-refractivity contribution in [3.05, 3.63) is 78.4 Å². The summed E-state index contributed by atoms with van der Waals surface area (Å²) in [4.78, 5) is 15.9. The van der Waals surface area contributed by atoms with Crippen LogP contribution in [0.3, 0.4) is 0 Å². The highest BCUT2D eigenvalue weighted by molar-refractivity contribution is 6.04. The van der Waals surface area contributed by atoms with E-state index in [0.717, 1.165) is 5.69 Å². The van der Waals surface area contributed by atoms with Gasteiger partial charge in [-0.1, -0.05) is 30.3 Å². The van der Waals surface area contributed by atoms with Gasteiger partial charge in [0.25, 0.3) is 0 Å². The van der Waals surface area contributed by atoms with Crippen LogP contribution in [0.25, 0.3) is 16.7 Å². The Bertz CT molecular complexity index is 1110.